The Morgan fingerprint density at radius 3 is 2.83 bits per heavy atom. The molecule has 3 heteroatoms. The van der Waals surface area contributed by atoms with Gasteiger partial charge in [0.25, 0.3) is 0 Å². The third-order valence-electron chi connectivity index (χ3n) is 1.98. The highest BCUT2D eigenvalue weighted by Crippen LogP contribution is 2.24. The number of nitrogens with two attached hydrogens (primary N) is 1. The van der Waals surface area contributed by atoms with Gasteiger partial charge in [-0.25, -0.2) is 4.39 Å². The summed E-state index contributed by atoms with van der Waals surface area (Å²) in [7, 11) is 1.78. The van der Waals surface area contributed by atoms with E-state index in [4.69, 9.17) is 5.73 Å². The molecule has 0 aliphatic heterocycles. The van der Waals surface area contributed by atoms with E-state index in [1.165, 1.54) is 6.07 Å². The van der Waals surface area contributed by atoms with Crippen molar-refractivity contribution in [2.45, 2.75) is 0 Å². The van der Waals surface area contributed by atoms with E-state index in [0.717, 1.165) is 5.39 Å². The van der Waals surface area contributed by atoms with Gasteiger partial charge in [0.05, 0.1) is 11.2 Å². The van der Waals surface area contributed by atoms with Crippen molar-refractivity contribution >= 4 is 16.6 Å². The summed E-state index contributed by atoms with van der Waals surface area (Å²) in [5, 5.41) is 0.775. The second-order valence-corrected chi connectivity index (χ2v) is 2.83. The van der Waals surface area contributed by atoms with Crippen molar-refractivity contribution in [3.8, 4) is 0 Å². The standard InChI is InChI=1S/C9H9FN2/c1-12-5-8(11)6-3-2-4-7(10)9(6)12/h2-5H,11H2,1H3. The Labute approximate surface area is 69.4 Å². The fraction of sp³-hybridized carbons (Fsp3) is 0.111. The van der Waals surface area contributed by atoms with Crippen LogP contribution in [0.2, 0.25) is 0 Å². The summed E-state index contributed by atoms with van der Waals surface area (Å²) < 4.78 is 14.9. The quantitative estimate of drug-likeness (QED) is 0.633. The Bertz CT molecular complexity index is 431. The van der Waals surface area contributed by atoms with Crippen LogP contribution in [0.1, 0.15) is 0 Å². The maximum absolute atomic E-state index is 13.2. The Morgan fingerprint density at radius 1 is 1.42 bits per heavy atom. The number of para-hydroxylation sites is 1. The maximum Gasteiger partial charge on any atom is 0.147 e. The molecule has 0 atom stereocenters. The van der Waals surface area contributed by atoms with Crippen molar-refractivity contribution in [2.75, 3.05) is 5.73 Å². The van der Waals surface area contributed by atoms with E-state index in [1.807, 2.05) is 6.07 Å². The molecule has 1 heterocycles. The normalized spacial score (nSPS) is 10.8. The van der Waals surface area contributed by atoms with E-state index in [-0.39, 0.29) is 5.82 Å². The number of rotatable bonds is 0. The van der Waals surface area contributed by atoms with Crippen LogP contribution in [0, 0.1) is 5.82 Å². The summed E-state index contributed by atoms with van der Waals surface area (Å²) in [6.45, 7) is 0. The number of nitrogen functional groups attached to an aromatic ring is 1. The predicted octanol–water partition coefficient (Wildman–Crippen LogP) is 1.90. The van der Waals surface area contributed by atoms with Crippen molar-refractivity contribution in [1.82, 2.24) is 4.57 Å². The highest BCUT2D eigenvalue weighted by molar-refractivity contribution is 5.92. The van der Waals surface area contributed by atoms with E-state index >= 15 is 0 Å². The summed E-state index contributed by atoms with van der Waals surface area (Å²) in [6.07, 6.45) is 1.72. The molecule has 12 heavy (non-hydrogen) atoms. The summed E-state index contributed by atoms with van der Waals surface area (Å²) in [5.41, 5.74) is 6.84. The Hall–Kier alpha value is -1.51. The molecule has 2 rings (SSSR count). The second-order valence-electron chi connectivity index (χ2n) is 2.83. The summed E-state index contributed by atoms with van der Waals surface area (Å²) in [4.78, 5) is 0. The molecule has 0 saturated heterocycles. The van der Waals surface area contributed by atoms with Gasteiger partial charge in [-0.05, 0) is 6.07 Å². The van der Waals surface area contributed by atoms with Gasteiger partial charge in [0.1, 0.15) is 5.82 Å². The Kier molecular flexibility index (Phi) is 1.33. The van der Waals surface area contributed by atoms with Crippen LogP contribution in [0.15, 0.2) is 24.4 Å². The summed E-state index contributed by atoms with van der Waals surface area (Å²) >= 11 is 0. The molecule has 0 aliphatic rings. The van der Waals surface area contributed by atoms with Crippen LogP contribution in [-0.4, -0.2) is 4.57 Å². The van der Waals surface area contributed by atoms with Crippen molar-refractivity contribution in [3.63, 3.8) is 0 Å². The lowest BCUT2D eigenvalue weighted by Crippen LogP contribution is -1.86. The van der Waals surface area contributed by atoms with E-state index < -0.39 is 0 Å². The average molecular weight is 164 g/mol. The fourth-order valence-corrected chi connectivity index (χ4v) is 1.45. The molecular weight excluding hydrogens is 155 g/mol. The largest absolute Gasteiger partial charge is 0.397 e. The Morgan fingerprint density at radius 2 is 2.17 bits per heavy atom. The van der Waals surface area contributed by atoms with Crippen molar-refractivity contribution in [3.05, 3.63) is 30.2 Å². The summed E-state index contributed by atoms with van der Waals surface area (Å²) in [6, 6.07) is 4.91. The molecule has 0 saturated carbocycles. The molecule has 2 nitrogen and oxygen atoms in total. The first-order valence-electron chi connectivity index (χ1n) is 3.69. The molecule has 2 aromatic rings. The SMILES string of the molecule is Cn1cc(N)c2cccc(F)c21. The highest BCUT2D eigenvalue weighted by atomic mass is 19.1. The van der Waals surface area contributed by atoms with Gasteiger partial charge >= 0.3 is 0 Å². The molecule has 0 radical (unpaired) electrons. The zero-order valence-corrected chi connectivity index (χ0v) is 6.71. The van der Waals surface area contributed by atoms with Gasteiger partial charge in [0.15, 0.2) is 0 Å². The monoisotopic (exact) mass is 164 g/mol. The van der Waals surface area contributed by atoms with Gasteiger partial charge in [0.2, 0.25) is 0 Å². The minimum atomic E-state index is -0.230. The van der Waals surface area contributed by atoms with Crippen LogP contribution in [0.4, 0.5) is 10.1 Å². The van der Waals surface area contributed by atoms with Gasteiger partial charge in [-0.15, -0.1) is 0 Å². The third-order valence-corrected chi connectivity index (χ3v) is 1.98. The van der Waals surface area contributed by atoms with E-state index in [0.29, 0.717) is 11.2 Å². The van der Waals surface area contributed by atoms with Gasteiger partial charge < -0.3 is 10.3 Å². The predicted molar refractivity (Wildman–Crippen MR) is 47.3 cm³/mol. The zero-order valence-electron chi connectivity index (χ0n) is 6.71. The molecular formula is C9H9FN2. The number of benzene rings is 1. The van der Waals surface area contributed by atoms with Crippen LogP contribution < -0.4 is 5.73 Å². The number of aryl methyl sites for hydroxylation is 1. The molecule has 0 bridgehead atoms. The Balaban J connectivity index is 2.99. The molecule has 62 valence electrons. The maximum atomic E-state index is 13.2. The van der Waals surface area contributed by atoms with Crippen LogP contribution in [0.3, 0.4) is 0 Å². The second kappa shape index (κ2) is 2.24. The topological polar surface area (TPSA) is 30.9 Å². The van der Waals surface area contributed by atoms with Gasteiger partial charge in [-0.2, -0.15) is 0 Å². The minimum Gasteiger partial charge on any atom is -0.397 e. The van der Waals surface area contributed by atoms with Crippen LogP contribution in [-0.2, 0) is 7.05 Å². The molecule has 0 spiro atoms. The minimum absolute atomic E-state index is 0.230. The number of hydrogen-bond donors (Lipinski definition) is 1. The lowest BCUT2D eigenvalue weighted by Gasteiger charge is -1.95. The molecule has 0 amide bonds. The molecule has 1 aromatic carbocycles. The van der Waals surface area contributed by atoms with Gasteiger partial charge in [0, 0.05) is 18.6 Å². The first-order valence-corrected chi connectivity index (χ1v) is 3.69. The number of hydrogen-bond acceptors (Lipinski definition) is 1. The van der Waals surface area contributed by atoms with Gasteiger partial charge in [-0.1, -0.05) is 12.1 Å². The lowest BCUT2D eigenvalue weighted by atomic mass is 10.2. The van der Waals surface area contributed by atoms with E-state index in [1.54, 1.807) is 23.9 Å². The van der Waals surface area contributed by atoms with Gasteiger partial charge in [-0.3, -0.25) is 0 Å². The number of nitrogens with zero attached hydrogens (tertiary/aromatic N) is 1. The van der Waals surface area contributed by atoms with Crippen molar-refractivity contribution < 1.29 is 4.39 Å². The van der Waals surface area contributed by atoms with E-state index in [2.05, 4.69) is 0 Å². The molecule has 0 unspecified atom stereocenters. The smallest absolute Gasteiger partial charge is 0.147 e. The fourth-order valence-electron chi connectivity index (χ4n) is 1.45. The van der Waals surface area contributed by atoms with Crippen molar-refractivity contribution in [1.29, 1.82) is 0 Å². The van der Waals surface area contributed by atoms with Crippen LogP contribution in [0.5, 0.6) is 0 Å². The van der Waals surface area contributed by atoms with Crippen LogP contribution >= 0.6 is 0 Å². The first-order chi connectivity index (χ1) is 5.70. The van der Waals surface area contributed by atoms with Crippen molar-refractivity contribution in [2.24, 2.45) is 7.05 Å². The zero-order chi connectivity index (χ0) is 8.72. The molecule has 1 aromatic heterocycles. The molecule has 0 aliphatic carbocycles. The number of halogens is 1. The highest BCUT2D eigenvalue weighted by Gasteiger charge is 2.06. The van der Waals surface area contributed by atoms with E-state index in [9.17, 15) is 4.39 Å². The number of aromatic nitrogens is 1. The van der Waals surface area contributed by atoms with Crippen LogP contribution in [0.25, 0.3) is 10.9 Å². The molecule has 2 N–H and O–H groups in total. The number of anilines is 1. The lowest BCUT2D eigenvalue weighted by molar-refractivity contribution is 0.632. The number of fused-ring (bicyclic) bond motifs is 1. The third kappa shape index (κ3) is 0.794. The first kappa shape index (κ1) is 7.16. The molecule has 0 fully saturated rings. The average Bonchev–Trinajstić information content (AvgIpc) is 2.29. The summed E-state index contributed by atoms with van der Waals surface area (Å²) in [5.74, 6) is -0.230.